The van der Waals surface area contributed by atoms with Gasteiger partial charge in [-0.15, -0.1) is 0 Å². The summed E-state index contributed by atoms with van der Waals surface area (Å²) in [6.07, 6.45) is 0.723. The van der Waals surface area contributed by atoms with Crippen LogP contribution < -0.4 is 5.48 Å². The van der Waals surface area contributed by atoms with Crippen molar-refractivity contribution in [3.8, 4) is 0 Å². The Morgan fingerprint density at radius 1 is 1.38 bits per heavy atom. The highest BCUT2D eigenvalue weighted by atomic mass is 16.5. The van der Waals surface area contributed by atoms with Crippen LogP contribution in [0.5, 0.6) is 0 Å². The minimum Gasteiger partial charge on any atom is -0.378 e. The second-order valence-corrected chi connectivity index (χ2v) is 5.37. The van der Waals surface area contributed by atoms with Gasteiger partial charge in [0.1, 0.15) is 6.04 Å². The van der Waals surface area contributed by atoms with E-state index in [9.17, 15) is 14.4 Å². The molecule has 0 saturated carbocycles. The SMILES string of the molecule is CC(C(=O)NO)N1CCC(CC(=O)N2CCOCC2)C1=O. The van der Waals surface area contributed by atoms with Crippen molar-refractivity contribution in [2.45, 2.75) is 25.8 Å². The zero-order valence-corrected chi connectivity index (χ0v) is 12.1. The van der Waals surface area contributed by atoms with Gasteiger partial charge < -0.3 is 14.5 Å². The summed E-state index contributed by atoms with van der Waals surface area (Å²) in [7, 11) is 0. The first-order valence-electron chi connectivity index (χ1n) is 7.14. The van der Waals surface area contributed by atoms with Gasteiger partial charge in [-0.25, -0.2) is 5.48 Å². The summed E-state index contributed by atoms with van der Waals surface area (Å²) in [6, 6.07) is -0.731. The van der Waals surface area contributed by atoms with Crippen LogP contribution >= 0.6 is 0 Å². The summed E-state index contributed by atoms with van der Waals surface area (Å²) < 4.78 is 5.19. The van der Waals surface area contributed by atoms with Crippen LogP contribution in [0.1, 0.15) is 19.8 Å². The summed E-state index contributed by atoms with van der Waals surface area (Å²) in [5.74, 6) is -1.25. The van der Waals surface area contributed by atoms with Gasteiger partial charge in [-0.3, -0.25) is 19.6 Å². The van der Waals surface area contributed by atoms with E-state index in [2.05, 4.69) is 0 Å². The molecule has 2 aliphatic heterocycles. The van der Waals surface area contributed by atoms with Gasteiger partial charge in [-0.1, -0.05) is 0 Å². The van der Waals surface area contributed by atoms with E-state index >= 15 is 0 Å². The third-order valence-corrected chi connectivity index (χ3v) is 4.09. The zero-order chi connectivity index (χ0) is 15.4. The minimum atomic E-state index is -0.731. The number of amides is 3. The molecule has 0 spiro atoms. The number of carbonyl (C=O) groups is 3. The van der Waals surface area contributed by atoms with Gasteiger partial charge in [-0.2, -0.15) is 0 Å². The number of ether oxygens (including phenoxy) is 1. The maximum Gasteiger partial charge on any atom is 0.265 e. The quantitative estimate of drug-likeness (QED) is 0.511. The normalized spacial score (nSPS) is 24.1. The first-order chi connectivity index (χ1) is 10.0. The molecule has 0 aromatic carbocycles. The van der Waals surface area contributed by atoms with E-state index in [1.807, 2.05) is 0 Å². The van der Waals surface area contributed by atoms with Crippen molar-refractivity contribution in [1.29, 1.82) is 0 Å². The lowest BCUT2D eigenvalue weighted by Crippen LogP contribution is -2.46. The van der Waals surface area contributed by atoms with Crippen molar-refractivity contribution >= 4 is 17.7 Å². The Labute approximate surface area is 123 Å². The average Bonchev–Trinajstić information content (AvgIpc) is 2.87. The predicted octanol–water partition coefficient (Wildman–Crippen LogP) is -1.02. The van der Waals surface area contributed by atoms with Gasteiger partial charge in [0.2, 0.25) is 11.8 Å². The Morgan fingerprint density at radius 2 is 2.05 bits per heavy atom. The maximum atomic E-state index is 12.3. The van der Waals surface area contributed by atoms with Crippen molar-refractivity contribution in [2.24, 2.45) is 5.92 Å². The van der Waals surface area contributed by atoms with E-state index < -0.39 is 11.9 Å². The summed E-state index contributed by atoms with van der Waals surface area (Å²) in [4.78, 5) is 38.9. The molecule has 0 aromatic rings. The molecule has 2 unspecified atom stereocenters. The van der Waals surface area contributed by atoms with Crippen LogP contribution in [0, 0.1) is 5.92 Å². The molecule has 0 aromatic heterocycles. The van der Waals surface area contributed by atoms with Crippen LogP contribution in [-0.2, 0) is 19.1 Å². The molecule has 118 valence electrons. The molecule has 2 fully saturated rings. The van der Waals surface area contributed by atoms with E-state index in [1.54, 1.807) is 17.3 Å². The van der Waals surface area contributed by atoms with Crippen LogP contribution in [0.4, 0.5) is 0 Å². The summed E-state index contributed by atoms with van der Waals surface area (Å²) >= 11 is 0. The average molecular weight is 299 g/mol. The molecule has 3 amide bonds. The second kappa shape index (κ2) is 6.86. The summed E-state index contributed by atoms with van der Waals surface area (Å²) in [5.41, 5.74) is 1.55. The fourth-order valence-electron chi connectivity index (χ4n) is 2.72. The number of rotatable bonds is 4. The Hall–Kier alpha value is -1.67. The van der Waals surface area contributed by atoms with E-state index in [0.29, 0.717) is 39.3 Å². The van der Waals surface area contributed by atoms with Crippen molar-refractivity contribution in [3.63, 3.8) is 0 Å². The molecule has 2 aliphatic rings. The number of nitrogens with zero attached hydrogens (tertiary/aromatic N) is 2. The highest BCUT2D eigenvalue weighted by Gasteiger charge is 2.38. The molecule has 2 saturated heterocycles. The number of morpholine rings is 1. The predicted molar refractivity (Wildman–Crippen MR) is 71.2 cm³/mol. The molecule has 2 heterocycles. The van der Waals surface area contributed by atoms with E-state index in [-0.39, 0.29) is 24.2 Å². The maximum absolute atomic E-state index is 12.3. The molecule has 0 aliphatic carbocycles. The van der Waals surface area contributed by atoms with Crippen LogP contribution in [-0.4, -0.2) is 71.6 Å². The van der Waals surface area contributed by atoms with E-state index in [0.717, 1.165) is 0 Å². The van der Waals surface area contributed by atoms with Crippen molar-refractivity contribution in [1.82, 2.24) is 15.3 Å². The van der Waals surface area contributed by atoms with Gasteiger partial charge in [-0.05, 0) is 13.3 Å². The fourth-order valence-corrected chi connectivity index (χ4v) is 2.72. The van der Waals surface area contributed by atoms with Gasteiger partial charge >= 0.3 is 0 Å². The van der Waals surface area contributed by atoms with Crippen LogP contribution in [0.25, 0.3) is 0 Å². The molecular weight excluding hydrogens is 278 g/mol. The third kappa shape index (κ3) is 3.51. The summed E-state index contributed by atoms with van der Waals surface area (Å²) in [5, 5.41) is 8.62. The minimum absolute atomic E-state index is 0.0437. The Morgan fingerprint density at radius 3 is 2.67 bits per heavy atom. The lowest BCUT2D eigenvalue weighted by atomic mass is 10.0. The topological polar surface area (TPSA) is 99.2 Å². The standard InChI is InChI=1S/C13H21N3O5/c1-9(12(18)14-20)16-3-2-10(13(16)19)8-11(17)15-4-6-21-7-5-15/h9-10,20H,2-8H2,1H3,(H,14,18). The molecule has 8 heteroatoms. The molecule has 8 nitrogen and oxygen atoms in total. The van der Waals surface area contributed by atoms with Crippen LogP contribution in [0.2, 0.25) is 0 Å². The smallest absolute Gasteiger partial charge is 0.265 e. The van der Waals surface area contributed by atoms with Crippen LogP contribution in [0.3, 0.4) is 0 Å². The monoisotopic (exact) mass is 299 g/mol. The van der Waals surface area contributed by atoms with Gasteiger partial charge in [0.15, 0.2) is 0 Å². The Bertz CT molecular complexity index is 422. The number of hydroxylamine groups is 1. The molecule has 0 radical (unpaired) electrons. The van der Waals surface area contributed by atoms with Crippen molar-refractivity contribution in [2.75, 3.05) is 32.8 Å². The Kier molecular flexibility index (Phi) is 5.13. The fraction of sp³-hybridized carbons (Fsp3) is 0.769. The van der Waals surface area contributed by atoms with E-state index in [4.69, 9.17) is 9.94 Å². The van der Waals surface area contributed by atoms with E-state index in [1.165, 1.54) is 4.90 Å². The number of carbonyl (C=O) groups excluding carboxylic acids is 3. The molecule has 21 heavy (non-hydrogen) atoms. The molecular formula is C13H21N3O5. The largest absolute Gasteiger partial charge is 0.378 e. The zero-order valence-electron chi connectivity index (χ0n) is 12.1. The molecule has 2 N–H and O–H groups in total. The number of hydrogen-bond acceptors (Lipinski definition) is 5. The third-order valence-electron chi connectivity index (χ3n) is 4.09. The second-order valence-electron chi connectivity index (χ2n) is 5.37. The van der Waals surface area contributed by atoms with Gasteiger partial charge in [0.05, 0.1) is 13.2 Å². The highest BCUT2D eigenvalue weighted by molar-refractivity contribution is 5.91. The molecule has 0 bridgehead atoms. The number of likely N-dealkylation sites (tertiary alicyclic amines) is 1. The first-order valence-corrected chi connectivity index (χ1v) is 7.14. The van der Waals surface area contributed by atoms with Crippen molar-refractivity contribution in [3.05, 3.63) is 0 Å². The molecule has 2 atom stereocenters. The summed E-state index contributed by atoms with van der Waals surface area (Å²) in [6.45, 7) is 4.16. The number of hydrogen-bond donors (Lipinski definition) is 2. The highest BCUT2D eigenvalue weighted by Crippen LogP contribution is 2.24. The van der Waals surface area contributed by atoms with Gasteiger partial charge in [0, 0.05) is 32.0 Å². The van der Waals surface area contributed by atoms with Gasteiger partial charge in [0.25, 0.3) is 5.91 Å². The molecule has 2 rings (SSSR count). The Balaban J connectivity index is 1.89. The lowest BCUT2D eigenvalue weighted by Gasteiger charge is -2.28. The van der Waals surface area contributed by atoms with Crippen molar-refractivity contribution < 1.29 is 24.3 Å². The number of nitrogens with one attached hydrogen (secondary N) is 1. The first kappa shape index (κ1) is 15.7. The lowest BCUT2D eigenvalue weighted by molar-refractivity contribution is -0.144. The van der Waals surface area contributed by atoms with Crippen LogP contribution in [0.15, 0.2) is 0 Å².